The molecule has 4 aromatic rings. The maximum Gasteiger partial charge on any atom is 0.288 e. The van der Waals surface area contributed by atoms with Crippen molar-refractivity contribution in [2.45, 2.75) is 6.04 Å². The van der Waals surface area contributed by atoms with Gasteiger partial charge in [0.2, 0.25) is 5.95 Å². The molecule has 0 bridgehead atoms. The summed E-state index contributed by atoms with van der Waals surface area (Å²) in [6.45, 7) is 0. The van der Waals surface area contributed by atoms with E-state index in [4.69, 9.17) is 4.74 Å². The fraction of sp³-hybridized carbons (Fsp3) is 0.0952. The number of aromatic amines is 1. The average molecular weight is 399 g/mol. The van der Waals surface area contributed by atoms with Crippen LogP contribution in [-0.4, -0.2) is 37.5 Å². The number of benzene rings is 2. The molecule has 30 heavy (non-hydrogen) atoms. The molecule has 9 nitrogen and oxygen atoms in total. The zero-order chi connectivity index (χ0) is 20.5. The molecule has 9 heteroatoms. The average Bonchev–Trinajstić information content (AvgIpc) is 3.26. The molecule has 2 aromatic carbocycles. The first kappa shape index (κ1) is 17.8. The van der Waals surface area contributed by atoms with Gasteiger partial charge in [0.1, 0.15) is 17.5 Å². The van der Waals surface area contributed by atoms with Gasteiger partial charge in [-0.1, -0.05) is 59.7 Å². The Morgan fingerprint density at radius 3 is 2.70 bits per heavy atom. The number of ether oxygens (including phenoxy) is 1. The molecule has 1 atom stereocenters. The Balaban J connectivity index is 1.74. The molecule has 5 rings (SSSR count). The zero-order valence-corrected chi connectivity index (χ0v) is 16.0. The summed E-state index contributed by atoms with van der Waals surface area (Å²) in [5.74, 6) is 1.03. The molecular weight excluding hydrogens is 382 g/mol. The minimum Gasteiger partial charge on any atom is -0.496 e. The summed E-state index contributed by atoms with van der Waals surface area (Å²) >= 11 is 0. The summed E-state index contributed by atoms with van der Waals surface area (Å²) in [6, 6.07) is 16.9. The highest BCUT2D eigenvalue weighted by Crippen LogP contribution is 2.41. The monoisotopic (exact) mass is 399 g/mol. The second kappa shape index (κ2) is 7.28. The van der Waals surface area contributed by atoms with E-state index in [0.717, 1.165) is 11.1 Å². The predicted molar refractivity (Wildman–Crippen MR) is 112 cm³/mol. The minimum absolute atomic E-state index is 0.351. The van der Waals surface area contributed by atoms with Gasteiger partial charge >= 0.3 is 0 Å². The van der Waals surface area contributed by atoms with Crippen molar-refractivity contribution in [1.82, 2.24) is 30.4 Å². The second-order valence-electron chi connectivity index (χ2n) is 6.69. The van der Waals surface area contributed by atoms with Crippen molar-refractivity contribution in [2.75, 3.05) is 12.4 Å². The number of para-hydroxylation sites is 1. The predicted octanol–water partition coefficient (Wildman–Crippen LogP) is 2.63. The summed E-state index contributed by atoms with van der Waals surface area (Å²) in [4.78, 5) is 12.6. The highest BCUT2D eigenvalue weighted by molar-refractivity contribution is 5.75. The largest absolute Gasteiger partial charge is 0.496 e. The van der Waals surface area contributed by atoms with E-state index in [9.17, 15) is 4.79 Å². The van der Waals surface area contributed by atoms with E-state index in [1.54, 1.807) is 11.8 Å². The molecule has 0 amide bonds. The van der Waals surface area contributed by atoms with E-state index in [0.29, 0.717) is 28.6 Å². The first-order valence-corrected chi connectivity index (χ1v) is 9.30. The Morgan fingerprint density at radius 1 is 1.07 bits per heavy atom. The van der Waals surface area contributed by atoms with Gasteiger partial charge in [-0.15, -0.1) is 0 Å². The number of hydrogen-bond donors (Lipinski definition) is 2. The van der Waals surface area contributed by atoms with Crippen molar-refractivity contribution in [1.29, 1.82) is 0 Å². The lowest BCUT2D eigenvalue weighted by Gasteiger charge is -2.28. The van der Waals surface area contributed by atoms with Crippen molar-refractivity contribution in [3.05, 3.63) is 87.3 Å². The molecule has 0 radical (unpaired) electrons. The fourth-order valence-electron chi connectivity index (χ4n) is 3.61. The molecular formula is C21H17N7O2. The van der Waals surface area contributed by atoms with Crippen LogP contribution in [-0.2, 0) is 0 Å². The fourth-order valence-corrected chi connectivity index (χ4v) is 3.61. The lowest BCUT2D eigenvalue weighted by Crippen LogP contribution is -2.29. The number of nitrogens with one attached hydrogen (secondary N) is 2. The number of tetrazole rings is 1. The van der Waals surface area contributed by atoms with Gasteiger partial charge in [0.05, 0.1) is 12.8 Å². The van der Waals surface area contributed by atoms with E-state index >= 15 is 0 Å². The third-order valence-corrected chi connectivity index (χ3v) is 4.96. The van der Waals surface area contributed by atoms with Gasteiger partial charge in [-0.2, -0.15) is 9.78 Å². The Labute approximate surface area is 171 Å². The van der Waals surface area contributed by atoms with E-state index in [1.165, 1.54) is 0 Å². The van der Waals surface area contributed by atoms with Crippen LogP contribution in [0, 0.1) is 0 Å². The molecule has 0 saturated carbocycles. The number of aromatic nitrogens is 6. The van der Waals surface area contributed by atoms with Gasteiger partial charge in [0, 0.05) is 11.1 Å². The normalized spacial score (nSPS) is 14.8. The smallest absolute Gasteiger partial charge is 0.288 e. The van der Waals surface area contributed by atoms with E-state index in [-0.39, 0.29) is 5.56 Å². The second-order valence-corrected chi connectivity index (χ2v) is 6.69. The molecule has 148 valence electrons. The zero-order valence-electron chi connectivity index (χ0n) is 16.0. The highest BCUT2D eigenvalue weighted by atomic mass is 16.5. The van der Waals surface area contributed by atoms with Gasteiger partial charge in [-0.3, -0.25) is 4.79 Å². The van der Waals surface area contributed by atoms with Crippen LogP contribution in [0.3, 0.4) is 0 Å². The molecule has 1 aliphatic rings. The van der Waals surface area contributed by atoms with Gasteiger partial charge in [-0.05, 0) is 28.1 Å². The van der Waals surface area contributed by atoms with Crippen molar-refractivity contribution in [3.8, 4) is 5.75 Å². The van der Waals surface area contributed by atoms with E-state index in [2.05, 4.69) is 31.0 Å². The van der Waals surface area contributed by atoms with Crippen molar-refractivity contribution >= 4 is 23.8 Å². The van der Waals surface area contributed by atoms with Crippen LogP contribution in [0.15, 0.2) is 59.4 Å². The molecule has 3 heterocycles. The number of rotatable bonds is 4. The number of H-pyrrole nitrogens is 1. The molecule has 2 N–H and O–H groups in total. The van der Waals surface area contributed by atoms with Crippen LogP contribution < -0.4 is 15.6 Å². The summed E-state index contributed by atoms with van der Waals surface area (Å²) in [7, 11) is 1.60. The van der Waals surface area contributed by atoms with Crippen LogP contribution in [0.25, 0.3) is 12.2 Å². The molecule has 2 aromatic heterocycles. The lowest BCUT2D eigenvalue weighted by molar-refractivity contribution is 0.402. The number of nitrogens with zero attached hydrogens (tertiary/aromatic N) is 5. The molecule has 0 aliphatic carbocycles. The third kappa shape index (κ3) is 2.93. The minimum atomic E-state index is -0.493. The summed E-state index contributed by atoms with van der Waals surface area (Å²) in [6.07, 6.45) is 3.80. The van der Waals surface area contributed by atoms with Crippen LogP contribution in [0.1, 0.15) is 28.4 Å². The first-order valence-electron chi connectivity index (χ1n) is 9.30. The number of fused-ring (bicyclic) bond motifs is 2. The van der Waals surface area contributed by atoms with Gasteiger partial charge < -0.3 is 10.1 Å². The van der Waals surface area contributed by atoms with Gasteiger partial charge in [0.15, 0.2) is 0 Å². The van der Waals surface area contributed by atoms with E-state index in [1.807, 2.05) is 66.7 Å². The van der Waals surface area contributed by atoms with Crippen LogP contribution in [0.5, 0.6) is 5.75 Å². The SMILES string of the molecule is COc1ccccc1[C@H]1c2c(/C=C/c3ccccc3)n[nH]c(=O)c2Nc2nnnn21. The topological polar surface area (TPSA) is 111 Å². The Hall–Kier alpha value is -4.27. The number of hydrogen-bond acceptors (Lipinski definition) is 7. The third-order valence-electron chi connectivity index (χ3n) is 4.96. The molecule has 0 spiro atoms. The molecule has 0 unspecified atom stereocenters. The molecule has 0 saturated heterocycles. The Bertz CT molecular complexity index is 1290. The Morgan fingerprint density at radius 2 is 1.87 bits per heavy atom. The quantitative estimate of drug-likeness (QED) is 0.478. The van der Waals surface area contributed by atoms with Crippen LogP contribution in [0.2, 0.25) is 0 Å². The van der Waals surface area contributed by atoms with Gasteiger partial charge in [-0.25, -0.2) is 5.10 Å². The van der Waals surface area contributed by atoms with Crippen molar-refractivity contribution in [2.24, 2.45) is 0 Å². The number of anilines is 2. The van der Waals surface area contributed by atoms with E-state index < -0.39 is 6.04 Å². The maximum absolute atomic E-state index is 12.6. The Kier molecular flexibility index (Phi) is 4.32. The van der Waals surface area contributed by atoms with Gasteiger partial charge in [0.25, 0.3) is 5.56 Å². The molecule has 1 aliphatic heterocycles. The van der Waals surface area contributed by atoms with Crippen molar-refractivity contribution in [3.63, 3.8) is 0 Å². The number of methoxy groups -OCH3 is 1. The van der Waals surface area contributed by atoms with Crippen LogP contribution in [0.4, 0.5) is 11.6 Å². The van der Waals surface area contributed by atoms with Crippen LogP contribution >= 0.6 is 0 Å². The molecule has 0 fully saturated rings. The highest BCUT2D eigenvalue weighted by Gasteiger charge is 2.34. The maximum atomic E-state index is 12.6. The first-order chi connectivity index (χ1) is 14.8. The summed E-state index contributed by atoms with van der Waals surface area (Å²) in [5.41, 5.74) is 3.10. The van der Waals surface area contributed by atoms with Crippen molar-refractivity contribution < 1.29 is 4.74 Å². The lowest BCUT2D eigenvalue weighted by atomic mass is 9.94. The standard InChI is InChI=1S/C21H17N7O2/c1-30-16-10-6-5-9-14(16)19-17-15(12-11-13-7-3-2-4-8-13)23-24-20(29)18(17)22-21-25-26-27-28(19)21/h2-12,19H,1H3,(H,24,29)(H,22,25,27)/b12-11+/t19-/m0/s1. The summed E-state index contributed by atoms with van der Waals surface area (Å²) in [5, 5.41) is 21.8. The summed E-state index contributed by atoms with van der Waals surface area (Å²) < 4.78 is 7.20.